The third-order valence-electron chi connectivity index (χ3n) is 2.34. The van der Waals surface area contributed by atoms with E-state index in [2.05, 4.69) is 15.4 Å². The van der Waals surface area contributed by atoms with Crippen molar-refractivity contribution in [3.05, 3.63) is 24.4 Å². The molecule has 14 heavy (non-hydrogen) atoms. The largest absolute Gasteiger partial charge is 0.497 e. The maximum atomic E-state index is 5.16. The van der Waals surface area contributed by atoms with Crippen molar-refractivity contribution in [1.82, 2.24) is 9.36 Å². The number of hydrogen-bond donors (Lipinski definition) is 1. The normalized spacial score (nSPS) is 11.2. The van der Waals surface area contributed by atoms with E-state index in [1.807, 2.05) is 18.3 Å². The molecule has 0 amide bonds. The predicted molar refractivity (Wildman–Crippen MR) is 58.0 cm³/mol. The number of nitrogens with one attached hydrogen (secondary N) is 1. The highest BCUT2D eigenvalue weighted by molar-refractivity contribution is 7.13. The molecule has 1 N–H and O–H groups in total. The summed E-state index contributed by atoms with van der Waals surface area (Å²) in [6.07, 6.45) is 1.89. The summed E-state index contributed by atoms with van der Waals surface area (Å²) in [6, 6.07) is 6.02. The number of fused-ring (bicyclic) bond motifs is 3. The fourth-order valence-corrected chi connectivity index (χ4v) is 2.31. The van der Waals surface area contributed by atoms with Gasteiger partial charge in [-0.25, -0.2) is 0 Å². The van der Waals surface area contributed by atoms with Gasteiger partial charge in [-0.2, -0.15) is 4.37 Å². The summed E-state index contributed by atoms with van der Waals surface area (Å²) in [5.74, 6) is 0.874. The van der Waals surface area contributed by atoms with Crippen LogP contribution < -0.4 is 4.74 Å². The van der Waals surface area contributed by atoms with E-state index in [0.717, 1.165) is 16.1 Å². The molecule has 0 radical (unpaired) electrons. The van der Waals surface area contributed by atoms with E-state index in [0.29, 0.717) is 0 Å². The van der Waals surface area contributed by atoms with Crippen molar-refractivity contribution < 1.29 is 4.74 Å². The highest BCUT2D eigenvalue weighted by atomic mass is 32.1. The average Bonchev–Trinajstić information content (AvgIpc) is 2.75. The van der Waals surface area contributed by atoms with Gasteiger partial charge in [-0.15, -0.1) is 0 Å². The van der Waals surface area contributed by atoms with Crippen LogP contribution in [0.4, 0.5) is 0 Å². The van der Waals surface area contributed by atoms with E-state index < -0.39 is 0 Å². The Morgan fingerprint density at radius 1 is 1.36 bits per heavy atom. The summed E-state index contributed by atoms with van der Waals surface area (Å²) < 4.78 is 9.30. The number of ether oxygens (including phenoxy) is 1. The van der Waals surface area contributed by atoms with Gasteiger partial charge in [0.25, 0.3) is 0 Å². The number of aromatic nitrogens is 2. The summed E-state index contributed by atoms with van der Waals surface area (Å²) in [4.78, 5) is 4.43. The fourth-order valence-electron chi connectivity index (χ4n) is 1.63. The summed E-state index contributed by atoms with van der Waals surface area (Å²) in [5, 5.41) is 2.39. The van der Waals surface area contributed by atoms with Crippen LogP contribution in [0.3, 0.4) is 0 Å². The zero-order valence-corrected chi connectivity index (χ0v) is 8.39. The number of nitrogens with zero attached hydrogens (tertiary/aromatic N) is 1. The molecule has 3 nitrogen and oxygen atoms in total. The van der Waals surface area contributed by atoms with Gasteiger partial charge in [0.15, 0.2) is 0 Å². The summed E-state index contributed by atoms with van der Waals surface area (Å²) in [7, 11) is 1.67. The minimum atomic E-state index is 0.874. The molecule has 2 heterocycles. The molecule has 0 aliphatic carbocycles. The van der Waals surface area contributed by atoms with Gasteiger partial charge in [-0.3, -0.25) is 0 Å². The molecule has 0 unspecified atom stereocenters. The summed E-state index contributed by atoms with van der Waals surface area (Å²) in [6.45, 7) is 0. The second-order valence-corrected chi connectivity index (χ2v) is 3.91. The Bertz CT molecular complexity index is 596. The van der Waals surface area contributed by atoms with Crippen molar-refractivity contribution in [2.75, 3.05) is 7.11 Å². The van der Waals surface area contributed by atoms with E-state index in [1.165, 1.54) is 22.3 Å². The van der Waals surface area contributed by atoms with Crippen LogP contribution in [-0.4, -0.2) is 16.5 Å². The molecule has 0 atom stereocenters. The Labute approximate surface area is 84.5 Å². The first-order valence-electron chi connectivity index (χ1n) is 4.28. The predicted octanol–water partition coefficient (Wildman–Crippen LogP) is 2.79. The quantitative estimate of drug-likeness (QED) is 0.661. The summed E-state index contributed by atoms with van der Waals surface area (Å²) in [5.41, 5.74) is 1.10. The maximum absolute atomic E-state index is 5.16. The van der Waals surface area contributed by atoms with Gasteiger partial charge in [0, 0.05) is 16.8 Å². The lowest BCUT2D eigenvalue weighted by atomic mass is 10.2. The topological polar surface area (TPSA) is 37.9 Å². The van der Waals surface area contributed by atoms with Crippen LogP contribution in [0.1, 0.15) is 0 Å². The number of hydrogen-bond acceptors (Lipinski definition) is 3. The third kappa shape index (κ3) is 0.943. The van der Waals surface area contributed by atoms with E-state index >= 15 is 0 Å². The first-order valence-corrected chi connectivity index (χ1v) is 5.06. The van der Waals surface area contributed by atoms with Crippen molar-refractivity contribution in [2.45, 2.75) is 0 Å². The molecular weight excluding hydrogens is 196 g/mol. The van der Waals surface area contributed by atoms with Crippen molar-refractivity contribution in [3.63, 3.8) is 0 Å². The number of H-pyrrole nitrogens is 1. The van der Waals surface area contributed by atoms with E-state index in [4.69, 9.17) is 4.74 Å². The second kappa shape index (κ2) is 2.72. The van der Waals surface area contributed by atoms with Crippen molar-refractivity contribution in [3.8, 4) is 5.75 Å². The number of aromatic amines is 1. The molecule has 0 aliphatic heterocycles. The molecule has 3 rings (SSSR count). The first kappa shape index (κ1) is 7.82. The zero-order valence-electron chi connectivity index (χ0n) is 7.57. The Morgan fingerprint density at radius 2 is 2.29 bits per heavy atom. The lowest BCUT2D eigenvalue weighted by molar-refractivity contribution is 0.415. The lowest BCUT2D eigenvalue weighted by Crippen LogP contribution is -1.80. The zero-order chi connectivity index (χ0) is 9.54. The first-order chi connectivity index (χ1) is 6.88. The highest BCUT2D eigenvalue weighted by Crippen LogP contribution is 2.29. The molecule has 0 bridgehead atoms. The van der Waals surface area contributed by atoms with Crippen LogP contribution in [-0.2, 0) is 0 Å². The Hall–Kier alpha value is -1.55. The Kier molecular flexibility index (Phi) is 1.52. The maximum Gasteiger partial charge on any atom is 0.121 e. The molecule has 2 aromatic heterocycles. The minimum absolute atomic E-state index is 0.874. The van der Waals surface area contributed by atoms with Crippen LogP contribution >= 0.6 is 11.5 Å². The van der Waals surface area contributed by atoms with E-state index in [1.54, 1.807) is 7.11 Å². The molecule has 70 valence electrons. The SMILES string of the molecule is COc1ccc2c(c1)[nH]c1sncc12. The molecule has 0 saturated carbocycles. The third-order valence-corrected chi connectivity index (χ3v) is 3.05. The molecular formula is C10H8N2OS. The average molecular weight is 204 g/mol. The standard InChI is InChI=1S/C10H8N2OS/c1-13-6-2-3-7-8-5-11-14-10(8)12-9(7)4-6/h2-5,12H,1H3. The lowest BCUT2D eigenvalue weighted by Gasteiger charge is -1.97. The fraction of sp³-hybridized carbons (Fsp3) is 0.100. The number of rotatable bonds is 1. The van der Waals surface area contributed by atoms with Gasteiger partial charge in [-0.05, 0) is 23.7 Å². The van der Waals surface area contributed by atoms with Gasteiger partial charge < -0.3 is 9.72 Å². The van der Waals surface area contributed by atoms with Gasteiger partial charge >= 0.3 is 0 Å². The summed E-state index contributed by atoms with van der Waals surface area (Å²) >= 11 is 1.48. The minimum Gasteiger partial charge on any atom is -0.497 e. The molecule has 0 fully saturated rings. The molecule has 4 heteroatoms. The van der Waals surface area contributed by atoms with Gasteiger partial charge in [-0.1, -0.05) is 0 Å². The van der Waals surface area contributed by atoms with Gasteiger partial charge in [0.2, 0.25) is 0 Å². The van der Waals surface area contributed by atoms with Crippen LogP contribution in [0.5, 0.6) is 5.75 Å². The Balaban J connectivity index is 2.43. The van der Waals surface area contributed by atoms with E-state index in [9.17, 15) is 0 Å². The second-order valence-electron chi connectivity index (χ2n) is 3.11. The highest BCUT2D eigenvalue weighted by Gasteiger charge is 2.06. The molecule has 3 aromatic rings. The monoisotopic (exact) mass is 204 g/mol. The van der Waals surface area contributed by atoms with Crippen molar-refractivity contribution in [2.24, 2.45) is 0 Å². The smallest absolute Gasteiger partial charge is 0.121 e. The Morgan fingerprint density at radius 3 is 3.14 bits per heavy atom. The van der Waals surface area contributed by atoms with Crippen molar-refractivity contribution >= 4 is 32.7 Å². The van der Waals surface area contributed by atoms with Crippen LogP contribution in [0.15, 0.2) is 24.4 Å². The molecule has 0 saturated heterocycles. The molecule has 1 aromatic carbocycles. The van der Waals surface area contributed by atoms with Crippen LogP contribution in [0.2, 0.25) is 0 Å². The van der Waals surface area contributed by atoms with E-state index in [-0.39, 0.29) is 0 Å². The molecule has 0 spiro atoms. The number of methoxy groups -OCH3 is 1. The van der Waals surface area contributed by atoms with Gasteiger partial charge in [0.1, 0.15) is 10.6 Å². The van der Waals surface area contributed by atoms with Crippen molar-refractivity contribution in [1.29, 1.82) is 0 Å². The van der Waals surface area contributed by atoms with Gasteiger partial charge in [0.05, 0.1) is 18.8 Å². The number of benzene rings is 1. The van der Waals surface area contributed by atoms with Crippen LogP contribution in [0, 0.1) is 0 Å². The van der Waals surface area contributed by atoms with Crippen LogP contribution in [0.25, 0.3) is 21.1 Å². The molecule has 0 aliphatic rings.